The highest BCUT2D eigenvalue weighted by atomic mass is 16.5. The number of imidazole rings is 1. The molecule has 0 spiro atoms. The molecular weight excluding hydrogens is 342 g/mol. The lowest BCUT2D eigenvalue weighted by atomic mass is 10.3. The van der Waals surface area contributed by atoms with E-state index in [0.29, 0.717) is 30.5 Å². The quantitative estimate of drug-likeness (QED) is 0.266. The molecule has 7 heteroatoms. The third-order valence-electron chi connectivity index (χ3n) is 3.58. The number of hydrazone groups is 1. The molecule has 27 heavy (non-hydrogen) atoms. The van der Waals surface area contributed by atoms with Crippen molar-refractivity contribution < 1.29 is 9.47 Å². The van der Waals surface area contributed by atoms with Gasteiger partial charge in [-0.15, -0.1) is 0 Å². The van der Waals surface area contributed by atoms with Gasteiger partial charge in [-0.2, -0.15) is 5.10 Å². The number of rotatable bonds is 8. The van der Waals surface area contributed by atoms with E-state index in [1.54, 1.807) is 23.7 Å². The van der Waals surface area contributed by atoms with Crippen LogP contribution in [0.4, 0.5) is 0 Å². The van der Waals surface area contributed by atoms with Gasteiger partial charge in [0.15, 0.2) is 5.84 Å². The van der Waals surface area contributed by atoms with Gasteiger partial charge in [-0.05, 0) is 24.3 Å². The second-order valence-electron chi connectivity index (χ2n) is 5.95. The zero-order chi connectivity index (χ0) is 18.9. The number of benzene rings is 1. The van der Waals surface area contributed by atoms with Gasteiger partial charge in [0.25, 0.3) is 0 Å². The fourth-order valence-corrected chi connectivity index (χ4v) is 2.42. The summed E-state index contributed by atoms with van der Waals surface area (Å²) in [4.78, 5) is 8.57. The van der Waals surface area contributed by atoms with Crippen molar-refractivity contribution in [2.45, 2.75) is 6.42 Å². The van der Waals surface area contributed by atoms with Crippen molar-refractivity contribution in [3.63, 3.8) is 0 Å². The average molecular weight is 365 g/mol. The molecule has 0 radical (unpaired) electrons. The monoisotopic (exact) mass is 365 g/mol. The number of nitrogens with zero attached hydrogens (tertiary/aromatic N) is 5. The van der Waals surface area contributed by atoms with Crippen molar-refractivity contribution in [2.75, 3.05) is 27.3 Å². The molecule has 0 unspecified atom stereocenters. The lowest BCUT2D eigenvalue weighted by Crippen LogP contribution is -2.19. The third kappa shape index (κ3) is 5.31. The number of ether oxygens (including phenoxy) is 2. The van der Waals surface area contributed by atoms with Gasteiger partial charge in [-0.25, -0.2) is 9.97 Å². The summed E-state index contributed by atoms with van der Waals surface area (Å²) in [5.74, 6) is 2.18. The molecule has 0 aliphatic carbocycles. The van der Waals surface area contributed by atoms with Crippen LogP contribution in [0.5, 0.6) is 11.5 Å². The molecule has 1 aromatic carbocycles. The Morgan fingerprint density at radius 2 is 1.85 bits per heavy atom. The van der Waals surface area contributed by atoms with Crippen molar-refractivity contribution in [3.05, 3.63) is 73.1 Å². The van der Waals surface area contributed by atoms with Crippen LogP contribution in [0, 0.1) is 0 Å². The minimum Gasteiger partial charge on any atom is -0.493 e. The maximum atomic E-state index is 5.96. The van der Waals surface area contributed by atoms with E-state index in [2.05, 4.69) is 15.1 Å². The molecule has 0 saturated heterocycles. The number of aromatic nitrogens is 3. The van der Waals surface area contributed by atoms with Crippen LogP contribution in [0.3, 0.4) is 0 Å². The van der Waals surface area contributed by atoms with Crippen LogP contribution >= 0.6 is 0 Å². The standard InChI is InChI=1S/C20H23N5O2/c1-24(2)23-20(25-13-12-21-16-25)19-18(10-6-11-22-19)27-15-7-14-26-17-8-4-3-5-9-17/h3-6,8-13,16H,7,14-15H2,1-2H3/b23-20-. The SMILES string of the molecule is CN(C)/N=C(/c1ncccc1OCCCOc1ccccc1)n1ccnc1. The predicted octanol–water partition coefficient (Wildman–Crippen LogP) is 2.90. The summed E-state index contributed by atoms with van der Waals surface area (Å²) >= 11 is 0. The zero-order valence-corrected chi connectivity index (χ0v) is 15.5. The molecule has 0 fully saturated rings. The summed E-state index contributed by atoms with van der Waals surface area (Å²) in [6.07, 6.45) is 7.70. The Labute approximate surface area is 158 Å². The zero-order valence-electron chi connectivity index (χ0n) is 15.5. The van der Waals surface area contributed by atoms with Gasteiger partial charge in [0.2, 0.25) is 0 Å². The Morgan fingerprint density at radius 1 is 1.04 bits per heavy atom. The summed E-state index contributed by atoms with van der Waals surface area (Å²) in [5.41, 5.74) is 0.660. The van der Waals surface area contributed by atoms with Gasteiger partial charge in [0.1, 0.15) is 23.5 Å². The molecule has 2 heterocycles. The smallest absolute Gasteiger partial charge is 0.187 e. The maximum absolute atomic E-state index is 5.96. The Balaban J connectivity index is 1.64. The molecule has 0 bridgehead atoms. The maximum Gasteiger partial charge on any atom is 0.187 e. The third-order valence-corrected chi connectivity index (χ3v) is 3.58. The van der Waals surface area contributed by atoms with Gasteiger partial charge >= 0.3 is 0 Å². The highest BCUT2D eigenvalue weighted by Gasteiger charge is 2.15. The van der Waals surface area contributed by atoms with E-state index >= 15 is 0 Å². The number of pyridine rings is 1. The first kappa shape index (κ1) is 18.4. The summed E-state index contributed by atoms with van der Waals surface area (Å²) in [6, 6.07) is 13.5. The molecular formula is C20H23N5O2. The second kappa shape index (κ2) is 9.38. The van der Waals surface area contributed by atoms with Crippen LogP contribution < -0.4 is 9.47 Å². The topological polar surface area (TPSA) is 64.8 Å². The minimum atomic E-state index is 0.519. The van der Waals surface area contributed by atoms with Gasteiger partial charge in [0, 0.05) is 39.1 Å². The average Bonchev–Trinajstić information content (AvgIpc) is 3.21. The summed E-state index contributed by atoms with van der Waals surface area (Å²) in [5, 5.41) is 6.26. The van der Waals surface area contributed by atoms with Gasteiger partial charge < -0.3 is 14.5 Å². The summed E-state index contributed by atoms with van der Waals surface area (Å²) < 4.78 is 13.5. The van der Waals surface area contributed by atoms with E-state index in [4.69, 9.17) is 9.47 Å². The van der Waals surface area contributed by atoms with E-state index in [1.165, 1.54) is 0 Å². The Bertz CT molecular complexity index is 848. The van der Waals surface area contributed by atoms with Crippen LogP contribution in [-0.2, 0) is 0 Å². The minimum absolute atomic E-state index is 0.519. The number of hydrogen-bond acceptors (Lipinski definition) is 6. The molecule has 0 saturated carbocycles. The first-order valence-electron chi connectivity index (χ1n) is 8.74. The molecule has 3 rings (SSSR count). The predicted molar refractivity (Wildman–Crippen MR) is 104 cm³/mol. The van der Waals surface area contributed by atoms with Crippen molar-refractivity contribution in [1.29, 1.82) is 0 Å². The first-order valence-corrected chi connectivity index (χ1v) is 8.74. The van der Waals surface area contributed by atoms with E-state index in [0.717, 1.165) is 12.2 Å². The van der Waals surface area contributed by atoms with Crippen molar-refractivity contribution in [2.24, 2.45) is 5.10 Å². The van der Waals surface area contributed by atoms with E-state index in [-0.39, 0.29) is 0 Å². The highest BCUT2D eigenvalue weighted by molar-refractivity contribution is 6.00. The molecule has 0 aliphatic heterocycles. The Kier molecular flexibility index (Phi) is 6.40. The van der Waals surface area contributed by atoms with Gasteiger partial charge in [0.05, 0.1) is 13.2 Å². The second-order valence-corrected chi connectivity index (χ2v) is 5.95. The van der Waals surface area contributed by atoms with Crippen LogP contribution in [-0.4, -0.2) is 52.7 Å². The Hall–Kier alpha value is -3.35. The lowest BCUT2D eigenvalue weighted by molar-refractivity contribution is 0.246. The molecule has 0 N–H and O–H groups in total. The van der Waals surface area contributed by atoms with Crippen LogP contribution in [0.2, 0.25) is 0 Å². The number of para-hydroxylation sites is 1. The molecule has 0 amide bonds. The largest absolute Gasteiger partial charge is 0.493 e. The molecule has 7 nitrogen and oxygen atoms in total. The molecule has 3 aromatic rings. The highest BCUT2D eigenvalue weighted by Crippen LogP contribution is 2.18. The normalized spacial score (nSPS) is 11.3. The van der Waals surface area contributed by atoms with E-state index < -0.39 is 0 Å². The van der Waals surface area contributed by atoms with E-state index in [9.17, 15) is 0 Å². The summed E-state index contributed by atoms with van der Waals surface area (Å²) in [6.45, 7) is 1.10. The fourth-order valence-electron chi connectivity index (χ4n) is 2.42. The van der Waals surface area contributed by atoms with Crippen molar-refractivity contribution in [1.82, 2.24) is 19.5 Å². The van der Waals surface area contributed by atoms with Crippen molar-refractivity contribution >= 4 is 5.84 Å². The molecule has 140 valence electrons. The molecule has 0 aliphatic rings. The van der Waals surface area contributed by atoms with Crippen LogP contribution in [0.1, 0.15) is 12.1 Å². The van der Waals surface area contributed by atoms with Gasteiger partial charge in [-0.3, -0.25) is 4.57 Å². The lowest BCUT2D eigenvalue weighted by Gasteiger charge is -2.15. The Morgan fingerprint density at radius 3 is 2.59 bits per heavy atom. The van der Waals surface area contributed by atoms with Crippen LogP contribution in [0.25, 0.3) is 0 Å². The van der Waals surface area contributed by atoms with Gasteiger partial charge in [-0.1, -0.05) is 18.2 Å². The first-order chi connectivity index (χ1) is 13.2. The molecule has 2 aromatic heterocycles. The molecule has 0 atom stereocenters. The number of hydrogen-bond donors (Lipinski definition) is 0. The fraction of sp³-hybridized carbons (Fsp3) is 0.250. The van der Waals surface area contributed by atoms with E-state index in [1.807, 2.05) is 67.3 Å². The van der Waals surface area contributed by atoms with Crippen molar-refractivity contribution in [3.8, 4) is 11.5 Å². The summed E-state index contributed by atoms with van der Waals surface area (Å²) in [7, 11) is 3.72. The van der Waals surface area contributed by atoms with Crippen LogP contribution in [0.15, 0.2) is 72.5 Å².